The zero-order valence-electron chi connectivity index (χ0n) is 10.1. The van der Waals surface area contributed by atoms with Crippen molar-refractivity contribution in [2.24, 2.45) is 0 Å². The topological polar surface area (TPSA) is 39.1 Å². The summed E-state index contributed by atoms with van der Waals surface area (Å²) in [5.74, 6) is 0. The van der Waals surface area contributed by atoms with Crippen LogP contribution in [0.1, 0.15) is 39.0 Å². The molecule has 0 radical (unpaired) electrons. The zero-order chi connectivity index (χ0) is 11.1. The highest BCUT2D eigenvalue weighted by molar-refractivity contribution is 5.03. The fourth-order valence-electron chi connectivity index (χ4n) is 1.98. The molecule has 1 saturated heterocycles. The summed E-state index contributed by atoms with van der Waals surface area (Å²) in [5, 5.41) is 12.1. The van der Waals surface area contributed by atoms with E-state index in [9.17, 15) is 0 Å². The van der Waals surface area contributed by atoms with Crippen molar-refractivity contribution in [3.05, 3.63) is 0 Å². The number of nitriles is 1. The third-order valence-corrected chi connectivity index (χ3v) is 3.43. The maximum atomic E-state index is 9.04. The van der Waals surface area contributed by atoms with Gasteiger partial charge in [0.1, 0.15) is 5.54 Å². The van der Waals surface area contributed by atoms with Gasteiger partial charge < -0.3 is 10.2 Å². The molecule has 1 aliphatic heterocycles. The highest BCUT2D eigenvalue weighted by atomic mass is 15.1. The van der Waals surface area contributed by atoms with Gasteiger partial charge in [-0.3, -0.25) is 0 Å². The van der Waals surface area contributed by atoms with Crippen molar-refractivity contribution in [1.82, 2.24) is 10.2 Å². The Balaban J connectivity index is 2.31. The van der Waals surface area contributed by atoms with Crippen LogP contribution >= 0.6 is 0 Å². The van der Waals surface area contributed by atoms with Gasteiger partial charge in [-0.25, -0.2) is 0 Å². The highest BCUT2D eigenvalue weighted by Gasteiger charge is 2.22. The lowest BCUT2D eigenvalue weighted by molar-refractivity contribution is 0.256. The minimum atomic E-state index is -0.355. The third kappa shape index (κ3) is 4.19. The number of likely N-dealkylation sites (tertiary alicyclic amines) is 1. The van der Waals surface area contributed by atoms with Gasteiger partial charge in [0.05, 0.1) is 6.07 Å². The van der Waals surface area contributed by atoms with E-state index in [1.54, 1.807) is 0 Å². The summed E-state index contributed by atoms with van der Waals surface area (Å²) >= 11 is 0. The quantitative estimate of drug-likeness (QED) is 0.766. The van der Waals surface area contributed by atoms with E-state index in [-0.39, 0.29) is 5.54 Å². The molecule has 3 nitrogen and oxygen atoms in total. The molecule has 1 aliphatic rings. The number of nitrogens with one attached hydrogen (secondary N) is 1. The Hall–Kier alpha value is -0.590. The molecule has 3 heteroatoms. The van der Waals surface area contributed by atoms with Gasteiger partial charge in [0.25, 0.3) is 0 Å². The van der Waals surface area contributed by atoms with E-state index in [1.807, 2.05) is 14.0 Å². The molecule has 0 aromatic heterocycles. The second-order valence-corrected chi connectivity index (χ2v) is 4.70. The molecule has 15 heavy (non-hydrogen) atoms. The van der Waals surface area contributed by atoms with Crippen LogP contribution in [0.2, 0.25) is 0 Å². The number of rotatable bonds is 4. The van der Waals surface area contributed by atoms with Crippen molar-refractivity contribution in [1.29, 1.82) is 5.26 Å². The smallest absolute Gasteiger partial charge is 0.104 e. The first-order valence-electron chi connectivity index (χ1n) is 6.03. The first-order valence-corrected chi connectivity index (χ1v) is 6.03. The molecular weight excluding hydrogens is 186 g/mol. The van der Waals surface area contributed by atoms with E-state index in [0.717, 1.165) is 13.0 Å². The largest absolute Gasteiger partial charge is 0.303 e. The van der Waals surface area contributed by atoms with Crippen molar-refractivity contribution >= 4 is 0 Å². The molecule has 1 rings (SSSR count). The molecule has 86 valence electrons. The average Bonchev–Trinajstić information content (AvgIpc) is 2.54. The predicted octanol–water partition coefficient (Wildman–Crippen LogP) is 1.75. The molecule has 0 aliphatic carbocycles. The maximum Gasteiger partial charge on any atom is 0.104 e. The highest BCUT2D eigenvalue weighted by Crippen LogP contribution is 2.13. The molecule has 1 N–H and O–H groups in total. The van der Waals surface area contributed by atoms with Gasteiger partial charge in [-0.15, -0.1) is 0 Å². The van der Waals surface area contributed by atoms with Crippen LogP contribution in [0.5, 0.6) is 0 Å². The van der Waals surface area contributed by atoms with Crippen LogP contribution in [-0.2, 0) is 0 Å². The second-order valence-electron chi connectivity index (χ2n) is 4.70. The van der Waals surface area contributed by atoms with Gasteiger partial charge >= 0.3 is 0 Å². The van der Waals surface area contributed by atoms with Crippen molar-refractivity contribution in [2.45, 2.75) is 44.6 Å². The van der Waals surface area contributed by atoms with Crippen molar-refractivity contribution in [3.63, 3.8) is 0 Å². The summed E-state index contributed by atoms with van der Waals surface area (Å²) in [6.07, 6.45) is 6.31. The second kappa shape index (κ2) is 6.09. The Morgan fingerprint density at radius 2 is 1.87 bits per heavy atom. The van der Waals surface area contributed by atoms with Crippen molar-refractivity contribution < 1.29 is 0 Å². The van der Waals surface area contributed by atoms with E-state index in [4.69, 9.17) is 5.26 Å². The van der Waals surface area contributed by atoms with Crippen molar-refractivity contribution in [3.8, 4) is 6.07 Å². The van der Waals surface area contributed by atoms with Gasteiger partial charge in [0.15, 0.2) is 0 Å². The Labute approximate surface area is 93.5 Å². The lowest BCUT2D eigenvalue weighted by atomic mass is 10.00. The van der Waals surface area contributed by atoms with Gasteiger partial charge in [-0.1, -0.05) is 12.8 Å². The Morgan fingerprint density at radius 1 is 1.27 bits per heavy atom. The summed E-state index contributed by atoms with van der Waals surface area (Å²) in [4.78, 5) is 2.50. The van der Waals surface area contributed by atoms with Crippen LogP contribution in [0.3, 0.4) is 0 Å². The van der Waals surface area contributed by atoms with Gasteiger partial charge in [0.2, 0.25) is 0 Å². The summed E-state index contributed by atoms with van der Waals surface area (Å²) in [7, 11) is 1.87. The summed E-state index contributed by atoms with van der Waals surface area (Å²) in [6, 6.07) is 2.35. The van der Waals surface area contributed by atoms with E-state index in [0.29, 0.717) is 0 Å². The SMILES string of the molecule is CNC(C)(C#N)CCN1CCCCCC1. The van der Waals surface area contributed by atoms with Crippen LogP contribution < -0.4 is 5.32 Å². The first kappa shape index (κ1) is 12.5. The minimum Gasteiger partial charge on any atom is -0.303 e. The molecule has 1 fully saturated rings. The number of hydrogen-bond acceptors (Lipinski definition) is 3. The number of nitrogens with zero attached hydrogens (tertiary/aromatic N) is 2. The number of hydrogen-bond donors (Lipinski definition) is 1. The Bertz CT molecular complexity index is 213. The molecule has 0 amide bonds. The van der Waals surface area contributed by atoms with Gasteiger partial charge in [-0.05, 0) is 46.3 Å². The lowest BCUT2D eigenvalue weighted by Crippen LogP contribution is -2.41. The Kier molecular flexibility index (Phi) is 5.07. The third-order valence-electron chi connectivity index (χ3n) is 3.43. The minimum absolute atomic E-state index is 0.355. The van der Waals surface area contributed by atoms with Crippen molar-refractivity contribution in [2.75, 3.05) is 26.7 Å². The molecule has 0 aromatic rings. The molecule has 1 atom stereocenters. The molecule has 0 aromatic carbocycles. The van der Waals surface area contributed by atoms with Crippen LogP contribution in [0, 0.1) is 11.3 Å². The van der Waals surface area contributed by atoms with Gasteiger partial charge in [-0.2, -0.15) is 5.26 Å². The fourth-order valence-corrected chi connectivity index (χ4v) is 1.98. The average molecular weight is 209 g/mol. The summed E-state index contributed by atoms with van der Waals surface area (Å²) in [5.41, 5.74) is -0.355. The molecule has 0 bridgehead atoms. The van der Waals surface area contributed by atoms with Crippen LogP contribution in [0.15, 0.2) is 0 Å². The molecule has 0 spiro atoms. The fraction of sp³-hybridized carbons (Fsp3) is 0.917. The zero-order valence-corrected chi connectivity index (χ0v) is 10.1. The molecular formula is C12H23N3. The van der Waals surface area contributed by atoms with E-state index in [2.05, 4.69) is 16.3 Å². The molecule has 1 heterocycles. The molecule has 1 unspecified atom stereocenters. The van der Waals surface area contributed by atoms with E-state index < -0.39 is 0 Å². The lowest BCUT2D eigenvalue weighted by Gasteiger charge is -2.26. The Morgan fingerprint density at radius 3 is 2.33 bits per heavy atom. The summed E-state index contributed by atoms with van der Waals surface area (Å²) < 4.78 is 0. The van der Waals surface area contributed by atoms with E-state index in [1.165, 1.54) is 38.8 Å². The maximum absolute atomic E-state index is 9.04. The van der Waals surface area contributed by atoms with Crippen LogP contribution in [-0.4, -0.2) is 37.1 Å². The van der Waals surface area contributed by atoms with E-state index >= 15 is 0 Å². The van der Waals surface area contributed by atoms with Crippen LogP contribution in [0.25, 0.3) is 0 Å². The monoisotopic (exact) mass is 209 g/mol. The molecule has 0 saturated carbocycles. The predicted molar refractivity (Wildman–Crippen MR) is 62.6 cm³/mol. The summed E-state index contributed by atoms with van der Waals surface area (Å²) in [6.45, 7) is 5.45. The van der Waals surface area contributed by atoms with Crippen LogP contribution in [0.4, 0.5) is 0 Å². The normalized spacial score (nSPS) is 22.7. The first-order chi connectivity index (χ1) is 7.20. The standard InChI is InChI=1S/C12H23N3/c1-12(11-13,14-2)7-10-15-8-5-3-4-6-9-15/h14H,3-10H2,1-2H3. The van der Waals surface area contributed by atoms with Gasteiger partial charge in [0, 0.05) is 6.54 Å².